The number of aryl methyl sites for hydroxylation is 1. The zero-order chi connectivity index (χ0) is 13.9. The molecule has 0 saturated heterocycles. The van der Waals surface area contributed by atoms with Crippen molar-refractivity contribution in [3.05, 3.63) is 70.8 Å². The lowest BCUT2D eigenvalue weighted by Gasteiger charge is -2.16. The van der Waals surface area contributed by atoms with Gasteiger partial charge in [0.05, 0.1) is 0 Å². The van der Waals surface area contributed by atoms with E-state index in [1.807, 2.05) is 12.1 Å². The minimum atomic E-state index is -0.497. The van der Waals surface area contributed by atoms with E-state index in [1.165, 1.54) is 24.0 Å². The first kappa shape index (κ1) is 13.4. The van der Waals surface area contributed by atoms with E-state index in [4.69, 9.17) is 0 Å². The molecule has 0 bridgehead atoms. The molecule has 1 aliphatic carbocycles. The summed E-state index contributed by atoms with van der Waals surface area (Å²) in [5.74, 6) is 0.666. The molecule has 2 aromatic carbocycles. The van der Waals surface area contributed by atoms with Gasteiger partial charge in [-0.15, -0.1) is 0 Å². The lowest BCUT2D eigenvalue weighted by Crippen LogP contribution is -2.04. The van der Waals surface area contributed by atoms with Gasteiger partial charge in [-0.3, -0.25) is 0 Å². The maximum Gasteiger partial charge on any atom is 0.104 e. The van der Waals surface area contributed by atoms with Gasteiger partial charge in [0, 0.05) is 0 Å². The Morgan fingerprint density at radius 3 is 2.65 bits per heavy atom. The highest BCUT2D eigenvalue weighted by Crippen LogP contribution is 2.43. The second-order valence-electron chi connectivity index (χ2n) is 5.80. The standard InChI is InChI=1S/C19H22O/c1-2-6-14-7-5-8-16(13-14)19(20)18-10-4-3-9-17(18)15-11-12-15/h3-5,7-10,13,15,19-20H,2,6,11-12H2,1H3. The molecule has 0 aliphatic heterocycles. The van der Waals surface area contributed by atoms with Crippen LogP contribution in [0.15, 0.2) is 48.5 Å². The third kappa shape index (κ3) is 2.78. The Morgan fingerprint density at radius 2 is 1.90 bits per heavy atom. The summed E-state index contributed by atoms with van der Waals surface area (Å²) in [7, 11) is 0. The second-order valence-corrected chi connectivity index (χ2v) is 5.80. The summed E-state index contributed by atoms with van der Waals surface area (Å²) in [5, 5.41) is 10.7. The van der Waals surface area contributed by atoms with E-state index in [-0.39, 0.29) is 0 Å². The minimum absolute atomic E-state index is 0.497. The highest BCUT2D eigenvalue weighted by molar-refractivity contribution is 5.40. The molecule has 1 fully saturated rings. The maximum absolute atomic E-state index is 10.7. The Morgan fingerprint density at radius 1 is 1.10 bits per heavy atom. The molecule has 1 nitrogen and oxygen atoms in total. The third-order valence-corrected chi connectivity index (χ3v) is 4.11. The van der Waals surface area contributed by atoms with Crippen molar-refractivity contribution in [2.45, 2.75) is 44.6 Å². The number of aliphatic hydroxyl groups excluding tert-OH is 1. The number of hydrogen-bond donors (Lipinski definition) is 1. The third-order valence-electron chi connectivity index (χ3n) is 4.11. The van der Waals surface area contributed by atoms with Crippen LogP contribution >= 0.6 is 0 Å². The van der Waals surface area contributed by atoms with Crippen LogP contribution in [0.25, 0.3) is 0 Å². The molecule has 1 saturated carbocycles. The highest BCUT2D eigenvalue weighted by atomic mass is 16.3. The lowest BCUT2D eigenvalue weighted by molar-refractivity contribution is 0.219. The molecule has 1 heteroatoms. The fourth-order valence-corrected chi connectivity index (χ4v) is 2.91. The molecular weight excluding hydrogens is 244 g/mol. The van der Waals surface area contributed by atoms with Crippen molar-refractivity contribution in [1.29, 1.82) is 0 Å². The van der Waals surface area contributed by atoms with Crippen LogP contribution in [-0.2, 0) is 6.42 Å². The molecule has 1 atom stereocenters. The van der Waals surface area contributed by atoms with Crippen LogP contribution in [0, 0.1) is 0 Å². The molecule has 20 heavy (non-hydrogen) atoms. The quantitative estimate of drug-likeness (QED) is 0.838. The summed E-state index contributed by atoms with van der Waals surface area (Å²) in [6, 6.07) is 16.7. The van der Waals surface area contributed by atoms with Gasteiger partial charge < -0.3 is 5.11 Å². The normalized spacial score (nSPS) is 16.1. The Bertz CT molecular complexity index is 584. The maximum atomic E-state index is 10.7. The molecule has 2 aromatic rings. The van der Waals surface area contributed by atoms with Crippen molar-refractivity contribution < 1.29 is 5.11 Å². The molecule has 104 valence electrons. The van der Waals surface area contributed by atoms with E-state index in [0.717, 1.165) is 24.0 Å². The van der Waals surface area contributed by atoms with Crippen LogP contribution in [0.2, 0.25) is 0 Å². The predicted octanol–water partition coefficient (Wildman–Crippen LogP) is 4.60. The van der Waals surface area contributed by atoms with Gasteiger partial charge in [-0.2, -0.15) is 0 Å². The van der Waals surface area contributed by atoms with Gasteiger partial charge in [0.15, 0.2) is 0 Å². The molecule has 0 aromatic heterocycles. The van der Waals surface area contributed by atoms with Gasteiger partial charge in [0.1, 0.15) is 6.10 Å². The largest absolute Gasteiger partial charge is 0.384 e. The lowest BCUT2D eigenvalue weighted by atomic mass is 9.93. The van der Waals surface area contributed by atoms with Gasteiger partial charge in [0.2, 0.25) is 0 Å². The summed E-state index contributed by atoms with van der Waals surface area (Å²) < 4.78 is 0. The average Bonchev–Trinajstić information content (AvgIpc) is 3.32. The zero-order valence-electron chi connectivity index (χ0n) is 12.0. The number of hydrogen-bond acceptors (Lipinski definition) is 1. The summed E-state index contributed by atoms with van der Waals surface area (Å²) in [6.45, 7) is 2.19. The number of aliphatic hydroxyl groups is 1. The van der Waals surface area contributed by atoms with E-state index in [2.05, 4.69) is 43.3 Å². The molecule has 0 amide bonds. The Balaban J connectivity index is 1.92. The van der Waals surface area contributed by atoms with E-state index < -0.39 is 6.10 Å². The topological polar surface area (TPSA) is 20.2 Å². The molecule has 1 N–H and O–H groups in total. The van der Waals surface area contributed by atoms with E-state index >= 15 is 0 Å². The molecule has 0 radical (unpaired) electrons. The van der Waals surface area contributed by atoms with Crippen molar-refractivity contribution in [2.75, 3.05) is 0 Å². The molecule has 1 aliphatic rings. The van der Waals surface area contributed by atoms with Gasteiger partial charge in [-0.1, -0.05) is 61.9 Å². The monoisotopic (exact) mass is 266 g/mol. The molecule has 0 heterocycles. The SMILES string of the molecule is CCCc1cccc(C(O)c2ccccc2C2CC2)c1. The van der Waals surface area contributed by atoms with Gasteiger partial charge in [0.25, 0.3) is 0 Å². The van der Waals surface area contributed by atoms with Crippen LogP contribution in [0.5, 0.6) is 0 Å². The number of benzene rings is 2. The van der Waals surface area contributed by atoms with Crippen molar-refractivity contribution in [1.82, 2.24) is 0 Å². The first-order valence-corrected chi connectivity index (χ1v) is 7.65. The van der Waals surface area contributed by atoms with Gasteiger partial charge >= 0.3 is 0 Å². The van der Waals surface area contributed by atoms with Crippen molar-refractivity contribution in [2.24, 2.45) is 0 Å². The fraction of sp³-hybridized carbons (Fsp3) is 0.368. The first-order valence-electron chi connectivity index (χ1n) is 7.65. The molecule has 0 spiro atoms. The minimum Gasteiger partial charge on any atom is -0.384 e. The fourth-order valence-electron chi connectivity index (χ4n) is 2.91. The van der Waals surface area contributed by atoms with E-state index in [0.29, 0.717) is 5.92 Å². The summed E-state index contributed by atoms with van der Waals surface area (Å²) in [4.78, 5) is 0. The van der Waals surface area contributed by atoms with Crippen LogP contribution < -0.4 is 0 Å². The van der Waals surface area contributed by atoms with Gasteiger partial charge in [-0.25, -0.2) is 0 Å². The molecule has 1 unspecified atom stereocenters. The average molecular weight is 266 g/mol. The van der Waals surface area contributed by atoms with E-state index in [1.54, 1.807) is 0 Å². The van der Waals surface area contributed by atoms with Gasteiger partial charge in [-0.05, 0) is 47.4 Å². The van der Waals surface area contributed by atoms with Crippen molar-refractivity contribution in [3.63, 3.8) is 0 Å². The Kier molecular flexibility index (Phi) is 3.88. The summed E-state index contributed by atoms with van der Waals surface area (Å²) >= 11 is 0. The number of rotatable bonds is 5. The predicted molar refractivity (Wildman–Crippen MR) is 82.9 cm³/mol. The first-order chi connectivity index (χ1) is 9.79. The second kappa shape index (κ2) is 5.80. The molecular formula is C19H22O. The smallest absolute Gasteiger partial charge is 0.104 e. The Hall–Kier alpha value is -1.60. The van der Waals surface area contributed by atoms with Crippen molar-refractivity contribution >= 4 is 0 Å². The Labute approximate surface area is 121 Å². The summed E-state index contributed by atoms with van der Waals surface area (Å²) in [6.07, 6.45) is 4.24. The van der Waals surface area contributed by atoms with Crippen LogP contribution in [-0.4, -0.2) is 5.11 Å². The van der Waals surface area contributed by atoms with Crippen molar-refractivity contribution in [3.8, 4) is 0 Å². The van der Waals surface area contributed by atoms with Crippen LogP contribution in [0.3, 0.4) is 0 Å². The van der Waals surface area contributed by atoms with Crippen LogP contribution in [0.1, 0.15) is 60.5 Å². The molecule has 3 rings (SSSR count). The summed E-state index contributed by atoms with van der Waals surface area (Å²) in [5.41, 5.74) is 4.75. The zero-order valence-corrected chi connectivity index (χ0v) is 12.0. The van der Waals surface area contributed by atoms with Crippen LogP contribution in [0.4, 0.5) is 0 Å². The van der Waals surface area contributed by atoms with E-state index in [9.17, 15) is 5.11 Å². The highest BCUT2D eigenvalue weighted by Gasteiger charge is 2.27.